The summed E-state index contributed by atoms with van der Waals surface area (Å²) in [5, 5.41) is 14.0. The molecule has 1 saturated heterocycles. The van der Waals surface area contributed by atoms with Gasteiger partial charge in [0.15, 0.2) is 5.82 Å². The normalized spacial score (nSPS) is 17.2. The molecule has 37 heavy (non-hydrogen) atoms. The predicted octanol–water partition coefficient (Wildman–Crippen LogP) is 4.64. The fourth-order valence-electron chi connectivity index (χ4n) is 5.06. The molecule has 1 aliphatic heterocycles. The highest BCUT2D eigenvalue weighted by Gasteiger charge is 2.36. The van der Waals surface area contributed by atoms with Crippen LogP contribution in [0.2, 0.25) is 0 Å². The number of fused-ring (bicyclic) bond motifs is 1. The molecule has 2 atom stereocenters. The molecule has 0 unspecified atom stereocenters. The number of hydrogen-bond donors (Lipinski definition) is 1. The largest absolute Gasteiger partial charge is 0.468 e. The minimum Gasteiger partial charge on any atom is -0.468 e. The monoisotopic (exact) mass is 504 g/mol. The predicted molar refractivity (Wildman–Crippen MR) is 141 cm³/mol. The lowest BCUT2D eigenvalue weighted by atomic mass is 9.98. The van der Waals surface area contributed by atoms with Crippen LogP contribution in [-0.2, 0) is 16.8 Å². The maximum Gasteiger partial charge on any atom is 0.253 e. The molecule has 3 aromatic heterocycles. The molecule has 4 aromatic rings. The van der Waals surface area contributed by atoms with Crippen molar-refractivity contribution in [1.29, 1.82) is 0 Å². The Hall–Kier alpha value is -3.30. The minimum atomic E-state index is -0.509. The summed E-state index contributed by atoms with van der Waals surface area (Å²) in [5.41, 5.74) is 3.24. The highest BCUT2D eigenvalue weighted by molar-refractivity contribution is 5.81. The topological polar surface area (TPSA) is 102 Å². The first-order valence-corrected chi connectivity index (χ1v) is 13.1. The molecule has 5 rings (SSSR count). The minimum absolute atomic E-state index is 0.0606. The lowest BCUT2D eigenvalue weighted by molar-refractivity contribution is 0.0534. The van der Waals surface area contributed by atoms with E-state index >= 15 is 0 Å². The molecule has 0 spiro atoms. The second-order valence-corrected chi connectivity index (χ2v) is 10.7. The fraction of sp³-hybridized carbons (Fsp3) is 0.500. The van der Waals surface area contributed by atoms with Crippen LogP contribution in [0.15, 0.2) is 45.8 Å². The van der Waals surface area contributed by atoms with Crippen molar-refractivity contribution in [3.05, 3.63) is 75.2 Å². The molecule has 1 fully saturated rings. The summed E-state index contributed by atoms with van der Waals surface area (Å²) in [4.78, 5) is 19.1. The number of aromatic nitrogens is 5. The van der Waals surface area contributed by atoms with Crippen LogP contribution >= 0.6 is 0 Å². The highest BCUT2D eigenvalue weighted by atomic mass is 16.5. The van der Waals surface area contributed by atoms with Crippen LogP contribution in [-0.4, -0.2) is 49.3 Å². The molecule has 1 aliphatic rings. The summed E-state index contributed by atoms with van der Waals surface area (Å²) >= 11 is 0. The first kappa shape index (κ1) is 25.4. The number of furan rings is 1. The van der Waals surface area contributed by atoms with Gasteiger partial charge in [-0.25, -0.2) is 4.68 Å². The second-order valence-electron chi connectivity index (χ2n) is 10.7. The van der Waals surface area contributed by atoms with Crippen LogP contribution in [0, 0.1) is 13.8 Å². The molecule has 1 N–H and O–H groups in total. The number of H-pyrrole nitrogens is 1. The number of ether oxygens (including phenoxy) is 1. The summed E-state index contributed by atoms with van der Waals surface area (Å²) in [7, 11) is 0. The number of benzene rings is 1. The van der Waals surface area contributed by atoms with Gasteiger partial charge in [0.2, 0.25) is 0 Å². The van der Waals surface area contributed by atoms with E-state index in [2.05, 4.69) is 66.1 Å². The van der Waals surface area contributed by atoms with Crippen LogP contribution in [0.25, 0.3) is 10.9 Å². The third kappa shape index (κ3) is 5.10. The Kier molecular flexibility index (Phi) is 7.00. The van der Waals surface area contributed by atoms with E-state index in [9.17, 15) is 4.79 Å². The van der Waals surface area contributed by atoms with Crippen LogP contribution in [0.4, 0.5) is 0 Å². The Balaban J connectivity index is 1.71. The maximum absolute atomic E-state index is 13.7. The number of aryl methyl sites for hydroxylation is 2. The molecule has 1 aromatic carbocycles. The van der Waals surface area contributed by atoms with E-state index in [-0.39, 0.29) is 17.2 Å². The van der Waals surface area contributed by atoms with E-state index in [1.807, 2.05) is 28.9 Å². The number of pyridine rings is 1. The summed E-state index contributed by atoms with van der Waals surface area (Å²) < 4.78 is 13.7. The molecule has 4 heterocycles. The zero-order valence-corrected chi connectivity index (χ0v) is 22.3. The average molecular weight is 505 g/mol. The SMILES string of the molecule is CCC(C)(C)n1nnnc1[C@@H](c1cc2cc(C)c(C)cc2[nH]c1=O)N(Cc1ccco1)C[C@@H]1CCCO1. The second kappa shape index (κ2) is 10.2. The number of tetrazole rings is 1. The number of hydrogen-bond acceptors (Lipinski definition) is 7. The van der Waals surface area contributed by atoms with Gasteiger partial charge in [-0.2, -0.15) is 0 Å². The Bertz CT molecular complexity index is 1420. The average Bonchev–Trinajstić information content (AvgIpc) is 3.64. The van der Waals surface area contributed by atoms with E-state index in [1.54, 1.807) is 6.26 Å². The quantitative estimate of drug-likeness (QED) is 0.354. The third-order valence-electron chi connectivity index (χ3n) is 7.72. The zero-order chi connectivity index (χ0) is 26.2. The molecule has 0 radical (unpaired) electrons. The van der Waals surface area contributed by atoms with Gasteiger partial charge in [-0.05, 0) is 104 Å². The summed E-state index contributed by atoms with van der Waals surface area (Å²) in [6.07, 6.45) is 4.56. The van der Waals surface area contributed by atoms with Crippen LogP contribution in [0.3, 0.4) is 0 Å². The molecule has 0 saturated carbocycles. The molecule has 0 bridgehead atoms. The molecule has 0 amide bonds. The van der Waals surface area contributed by atoms with Crippen molar-refractivity contribution in [2.24, 2.45) is 0 Å². The summed E-state index contributed by atoms with van der Waals surface area (Å²) in [6.45, 7) is 12.3. The van der Waals surface area contributed by atoms with E-state index in [0.717, 1.165) is 48.1 Å². The van der Waals surface area contributed by atoms with Crippen molar-refractivity contribution in [3.8, 4) is 0 Å². The van der Waals surface area contributed by atoms with Gasteiger partial charge in [0.05, 0.1) is 24.5 Å². The smallest absolute Gasteiger partial charge is 0.253 e. The van der Waals surface area contributed by atoms with Gasteiger partial charge in [0, 0.05) is 24.2 Å². The standard InChI is InChI=1S/C28H36N6O3/c1-6-28(4,5)34-26(30-31-32-34)25(23-15-20-13-18(2)19(3)14-24(20)29-27(23)35)33(16-21-9-7-11-36-21)17-22-10-8-12-37-22/h7,9,11,13-15,22,25H,6,8,10,12,16-17H2,1-5H3,(H,29,35)/t22-,25+/m0/s1. The lowest BCUT2D eigenvalue weighted by Crippen LogP contribution is -2.41. The molecule has 9 nitrogen and oxygen atoms in total. The number of rotatable bonds is 9. The Morgan fingerprint density at radius 1 is 1.24 bits per heavy atom. The van der Waals surface area contributed by atoms with E-state index in [4.69, 9.17) is 9.15 Å². The van der Waals surface area contributed by atoms with Gasteiger partial charge in [-0.15, -0.1) is 5.10 Å². The van der Waals surface area contributed by atoms with E-state index in [1.165, 1.54) is 5.56 Å². The van der Waals surface area contributed by atoms with Crippen molar-refractivity contribution >= 4 is 10.9 Å². The van der Waals surface area contributed by atoms with Gasteiger partial charge in [0.1, 0.15) is 11.8 Å². The Morgan fingerprint density at radius 3 is 2.76 bits per heavy atom. The van der Waals surface area contributed by atoms with Crippen LogP contribution in [0.5, 0.6) is 0 Å². The van der Waals surface area contributed by atoms with Crippen molar-refractivity contribution in [2.75, 3.05) is 13.2 Å². The summed E-state index contributed by atoms with van der Waals surface area (Å²) in [6, 6.07) is 9.47. The number of nitrogens with one attached hydrogen (secondary N) is 1. The Labute approximate surface area is 216 Å². The number of aromatic amines is 1. The van der Waals surface area contributed by atoms with Gasteiger partial charge in [-0.1, -0.05) is 6.92 Å². The molecule has 9 heteroatoms. The highest BCUT2D eigenvalue weighted by Crippen LogP contribution is 2.33. The van der Waals surface area contributed by atoms with Crippen molar-refractivity contribution in [3.63, 3.8) is 0 Å². The molecular weight excluding hydrogens is 468 g/mol. The van der Waals surface area contributed by atoms with Crippen LogP contribution < -0.4 is 5.56 Å². The fourth-order valence-corrected chi connectivity index (χ4v) is 5.06. The number of nitrogens with zero attached hydrogens (tertiary/aromatic N) is 5. The first-order valence-electron chi connectivity index (χ1n) is 13.1. The third-order valence-corrected chi connectivity index (χ3v) is 7.72. The molecular formula is C28H36N6O3. The van der Waals surface area contributed by atoms with Gasteiger partial charge in [0.25, 0.3) is 5.56 Å². The first-order chi connectivity index (χ1) is 17.8. The van der Waals surface area contributed by atoms with E-state index < -0.39 is 6.04 Å². The van der Waals surface area contributed by atoms with Crippen molar-refractivity contribution in [1.82, 2.24) is 30.1 Å². The molecule has 196 valence electrons. The zero-order valence-electron chi connectivity index (χ0n) is 22.3. The van der Waals surface area contributed by atoms with Gasteiger partial charge >= 0.3 is 0 Å². The van der Waals surface area contributed by atoms with Gasteiger partial charge in [-0.3, -0.25) is 9.69 Å². The Morgan fingerprint density at radius 2 is 2.05 bits per heavy atom. The van der Waals surface area contributed by atoms with Gasteiger partial charge < -0.3 is 14.1 Å². The summed E-state index contributed by atoms with van der Waals surface area (Å²) in [5.74, 6) is 1.44. The van der Waals surface area contributed by atoms with E-state index in [0.29, 0.717) is 24.5 Å². The molecule has 0 aliphatic carbocycles. The van der Waals surface area contributed by atoms with Crippen LogP contribution in [0.1, 0.15) is 74.4 Å². The van der Waals surface area contributed by atoms with Crippen molar-refractivity contribution < 1.29 is 9.15 Å². The lowest BCUT2D eigenvalue weighted by Gasteiger charge is -2.34. The van der Waals surface area contributed by atoms with Crippen molar-refractivity contribution in [2.45, 2.75) is 78.1 Å². The maximum atomic E-state index is 13.7.